The van der Waals surface area contributed by atoms with E-state index in [1.807, 2.05) is 0 Å². The molecule has 1 aromatic carbocycles. The highest BCUT2D eigenvalue weighted by atomic mass is 16.5. The van der Waals surface area contributed by atoms with Crippen molar-refractivity contribution in [3.05, 3.63) is 35.9 Å². The molecule has 0 aromatic heterocycles. The van der Waals surface area contributed by atoms with E-state index in [0.717, 1.165) is 19.6 Å². The molecule has 2 unspecified atom stereocenters. The minimum absolute atomic E-state index is 0.0438. The second-order valence-corrected chi connectivity index (χ2v) is 5.15. The first kappa shape index (κ1) is 12.6. The average Bonchev–Trinajstić information content (AvgIpc) is 2.79. The van der Waals surface area contributed by atoms with Crippen LogP contribution in [0.4, 0.5) is 0 Å². The van der Waals surface area contributed by atoms with Gasteiger partial charge in [-0.2, -0.15) is 0 Å². The van der Waals surface area contributed by atoms with Crippen LogP contribution in [0.1, 0.15) is 44.7 Å². The summed E-state index contributed by atoms with van der Waals surface area (Å²) in [6.45, 7) is 6.30. The van der Waals surface area contributed by atoms with E-state index in [1.54, 1.807) is 0 Å². The van der Waals surface area contributed by atoms with Gasteiger partial charge in [0.1, 0.15) is 0 Å². The highest BCUT2D eigenvalue weighted by Gasteiger charge is 2.30. The van der Waals surface area contributed by atoms with Gasteiger partial charge in [0.15, 0.2) is 0 Å². The van der Waals surface area contributed by atoms with Crippen LogP contribution in [0.2, 0.25) is 0 Å². The fourth-order valence-electron chi connectivity index (χ4n) is 2.50. The molecule has 0 radical (unpaired) electrons. The third kappa shape index (κ3) is 3.30. The molecule has 1 aromatic rings. The van der Waals surface area contributed by atoms with Crippen LogP contribution < -0.4 is 5.32 Å². The van der Waals surface area contributed by atoms with Gasteiger partial charge in [-0.15, -0.1) is 0 Å². The van der Waals surface area contributed by atoms with Crippen molar-refractivity contribution in [3.63, 3.8) is 0 Å². The topological polar surface area (TPSA) is 21.3 Å². The van der Waals surface area contributed by atoms with Crippen LogP contribution >= 0.6 is 0 Å². The summed E-state index contributed by atoms with van der Waals surface area (Å²) in [5.41, 5.74) is 1.42. The smallest absolute Gasteiger partial charge is 0.0779 e. The Balaban J connectivity index is 1.92. The molecule has 0 bridgehead atoms. The summed E-state index contributed by atoms with van der Waals surface area (Å²) in [7, 11) is 0. The van der Waals surface area contributed by atoms with Gasteiger partial charge in [-0.3, -0.25) is 0 Å². The molecule has 0 saturated carbocycles. The Morgan fingerprint density at radius 3 is 2.71 bits per heavy atom. The lowest BCUT2D eigenvalue weighted by molar-refractivity contribution is 0.0186. The molecule has 1 fully saturated rings. The third-order valence-electron chi connectivity index (χ3n) is 3.63. The molecular formula is C15H23NO. The number of hydrogen-bond donors (Lipinski definition) is 1. The standard InChI is InChI=1S/C15H23NO/c1-3-14(13-8-5-4-6-9-13)16-12-15(2)10-7-11-17-15/h4-6,8-9,14,16H,3,7,10-12H2,1-2H3. The molecule has 2 nitrogen and oxygen atoms in total. The van der Waals surface area contributed by atoms with Crippen LogP contribution in [0.5, 0.6) is 0 Å². The van der Waals surface area contributed by atoms with E-state index >= 15 is 0 Å². The zero-order valence-corrected chi connectivity index (χ0v) is 10.9. The lowest BCUT2D eigenvalue weighted by Crippen LogP contribution is -2.38. The van der Waals surface area contributed by atoms with Crippen molar-refractivity contribution < 1.29 is 4.74 Å². The normalized spacial score (nSPS) is 26.0. The maximum atomic E-state index is 5.81. The summed E-state index contributed by atoms with van der Waals surface area (Å²) >= 11 is 0. The van der Waals surface area contributed by atoms with Gasteiger partial charge in [-0.05, 0) is 31.7 Å². The van der Waals surface area contributed by atoms with Gasteiger partial charge in [0, 0.05) is 19.2 Å². The summed E-state index contributed by atoms with van der Waals surface area (Å²) in [6, 6.07) is 11.1. The summed E-state index contributed by atoms with van der Waals surface area (Å²) in [6.07, 6.45) is 3.48. The van der Waals surface area contributed by atoms with Gasteiger partial charge >= 0.3 is 0 Å². The van der Waals surface area contributed by atoms with E-state index in [2.05, 4.69) is 49.5 Å². The van der Waals surface area contributed by atoms with Crippen LogP contribution in [0.15, 0.2) is 30.3 Å². The van der Waals surface area contributed by atoms with Crippen LogP contribution in [-0.4, -0.2) is 18.8 Å². The zero-order chi connectivity index (χ0) is 12.1. The largest absolute Gasteiger partial charge is 0.374 e. The molecule has 0 spiro atoms. The van der Waals surface area contributed by atoms with Gasteiger partial charge in [-0.1, -0.05) is 37.3 Å². The Labute approximate surface area is 104 Å². The molecule has 1 aliphatic heterocycles. The van der Waals surface area contributed by atoms with Crippen molar-refractivity contribution in [2.45, 2.75) is 44.8 Å². The fourth-order valence-corrected chi connectivity index (χ4v) is 2.50. The van der Waals surface area contributed by atoms with E-state index in [4.69, 9.17) is 4.74 Å². The van der Waals surface area contributed by atoms with Gasteiger partial charge < -0.3 is 10.1 Å². The van der Waals surface area contributed by atoms with Gasteiger partial charge in [0.05, 0.1) is 5.60 Å². The average molecular weight is 233 g/mol. The maximum Gasteiger partial charge on any atom is 0.0779 e. The molecule has 0 aliphatic carbocycles. The minimum Gasteiger partial charge on any atom is -0.374 e. The third-order valence-corrected chi connectivity index (χ3v) is 3.63. The number of benzene rings is 1. The molecule has 1 saturated heterocycles. The van der Waals surface area contributed by atoms with Crippen LogP contribution in [-0.2, 0) is 4.74 Å². The number of hydrogen-bond acceptors (Lipinski definition) is 2. The van der Waals surface area contributed by atoms with E-state index < -0.39 is 0 Å². The number of nitrogens with one attached hydrogen (secondary N) is 1. The lowest BCUT2D eigenvalue weighted by atomic mass is 10.00. The molecule has 2 rings (SSSR count). The van der Waals surface area contributed by atoms with Gasteiger partial charge in [-0.25, -0.2) is 0 Å². The van der Waals surface area contributed by atoms with Crippen LogP contribution in [0.3, 0.4) is 0 Å². The van der Waals surface area contributed by atoms with Crippen LogP contribution in [0, 0.1) is 0 Å². The second-order valence-electron chi connectivity index (χ2n) is 5.15. The van der Waals surface area contributed by atoms with Crippen molar-refractivity contribution in [2.75, 3.05) is 13.2 Å². The highest BCUT2D eigenvalue weighted by Crippen LogP contribution is 2.25. The SMILES string of the molecule is CCC(NCC1(C)CCCO1)c1ccccc1. The molecule has 94 valence electrons. The maximum absolute atomic E-state index is 5.81. The molecule has 1 N–H and O–H groups in total. The molecule has 1 heterocycles. The predicted molar refractivity (Wildman–Crippen MR) is 71.1 cm³/mol. The van der Waals surface area contributed by atoms with E-state index in [-0.39, 0.29) is 5.60 Å². The van der Waals surface area contributed by atoms with Crippen molar-refractivity contribution in [3.8, 4) is 0 Å². The Morgan fingerprint density at radius 2 is 2.12 bits per heavy atom. The first-order chi connectivity index (χ1) is 8.23. The lowest BCUT2D eigenvalue weighted by Gasteiger charge is -2.27. The first-order valence-corrected chi connectivity index (χ1v) is 6.66. The predicted octanol–water partition coefficient (Wildman–Crippen LogP) is 3.30. The van der Waals surface area contributed by atoms with Crippen molar-refractivity contribution in [2.24, 2.45) is 0 Å². The molecule has 2 atom stereocenters. The molecular weight excluding hydrogens is 210 g/mol. The van der Waals surface area contributed by atoms with Crippen molar-refractivity contribution in [1.82, 2.24) is 5.32 Å². The van der Waals surface area contributed by atoms with Crippen LogP contribution in [0.25, 0.3) is 0 Å². The fraction of sp³-hybridized carbons (Fsp3) is 0.600. The van der Waals surface area contributed by atoms with Gasteiger partial charge in [0.25, 0.3) is 0 Å². The summed E-state index contributed by atoms with van der Waals surface area (Å²) in [5, 5.41) is 3.64. The Morgan fingerprint density at radius 1 is 1.35 bits per heavy atom. The monoisotopic (exact) mass is 233 g/mol. The molecule has 1 aliphatic rings. The van der Waals surface area contributed by atoms with Crippen molar-refractivity contribution >= 4 is 0 Å². The number of rotatable bonds is 5. The van der Waals surface area contributed by atoms with Gasteiger partial charge in [0.2, 0.25) is 0 Å². The Kier molecular flexibility index (Phi) is 4.19. The highest BCUT2D eigenvalue weighted by molar-refractivity contribution is 5.18. The first-order valence-electron chi connectivity index (χ1n) is 6.66. The van der Waals surface area contributed by atoms with E-state index in [0.29, 0.717) is 6.04 Å². The Bertz CT molecular complexity index is 330. The Hall–Kier alpha value is -0.860. The summed E-state index contributed by atoms with van der Waals surface area (Å²) in [4.78, 5) is 0. The van der Waals surface area contributed by atoms with E-state index in [9.17, 15) is 0 Å². The molecule has 17 heavy (non-hydrogen) atoms. The molecule has 0 amide bonds. The van der Waals surface area contributed by atoms with Crippen molar-refractivity contribution in [1.29, 1.82) is 0 Å². The number of ether oxygens (including phenoxy) is 1. The zero-order valence-electron chi connectivity index (χ0n) is 10.9. The minimum atomic E-state index is 0.0438. The quantitative estimate of drug-likeness (QED) is 0.842. The van der Waals surface area contributed by atoms with E-state index in [1.165, 1.54) is 18.4 Å². The second kappa shape index (κ2) is 5.65. The summed E-state index contributed by atoms with van der Waals surface area (Å²) < 4.78 is 5.81. The summed E-state index contributed by atoms with van der Waals surface area (Å²) in [5.74, 6) is 0. The molecule has 2 heteroatoms.